The summed E-state index contributed by atoms with van der Waals surface area (Å²) in [5.74, 6) is -2.60. The van der Waals surface area contributed by atoms with Gasteiger partial charge in [-0.3, -0.25) is 24.1 Å². The zero-order chi connectivity index (χ0) is 36.5. The van der Waals surface area contributed by atoms with Gasteiger partial charge in [0.05, 0.1) is 34.7 Å². The molecule has 3 fully saturated rings. The van der Waals surface area contributed by atoms with Crippen molar-refractivity contribution in [1.82, 2.24) is 4.98 Å². The number of nitrogens with one attached hydrogen (secondary N) is 2. The Balaban J connectivity index is 1.02. The molecule has 0 spiro atoms. The number of carbonyl (C=O) groups excluding carboxylic acids is 4. The number of amides is 3. The van der Waals surface area contributed by atoms with E-state index < -0.39 is 17.8 Å². The zero-order valence-corrected chi connectivity index (χ0v) is 30.6. The lowest BCUT2D eigenvalue weighted by atomic mass is 9.68. The quantitative estimate of drug-likeness (QED) is 0.126. The van der Waals surface area contributed by atoms with Gasteiger partial charge in [-0.2, -0.15) is 0 Å². The van der Waals surface area contributed by atoms with Crippen LogP contribution in [0.4, 0.5) is 11.4 Å². The summed E-state index contributed by atoms with van der Waals surface area (Å²) in [4.78, 5) is 71.7. The van der Waals surface area contributed by atoms with Gasteiger partial charge in [-0.15, -0.1) is 11.8 Å². The Kier molecular flexibility index (Phi) is 8.43. The lowest BCUT2D eigenvalue weighted by Gasteiger charge is -2.43. The number of halogens is 1. The molecule has 0 radical (unpaired) electrons. The number of anilines is 2. The molecule has 9 rings (SSSR count). The Morgan fingerprint density at radius 3 is 2.49 bits per heavy atom. The lowest BCUT2D eigenvalue weighted by molar-refractivity contribution is -0.123. The van der Waals surface area contributed by atoms with Gasteiger partial charge in [-0.25, -0.2) is 4.79 Å². The van der Waals surface area contributed by atoms with Crippen LogP contribution in [-0.4, -0.2) is 47.1 Å². The molecule has 53 heavy (non-hydrogen) atoms. The molecule has 10 nitrogen and oxygen atoms in total. The number of thiazole rings is 1. The Hall–Kier alpha value is -4.91. The second kappa shape index (κ2) is 13.2. The molecular weight excluding hydrogens is 734 g/mol. The van der Waals surface area contributed by atoms with Crippen LogP contribution < -0.4 is 19.8 Å². The highest BCUT2D eigenvalue weighted by Gasteiger charge is 2.70. The molecule has 1 aromatic heterocycles. The van der Waals surface area contributed by atoms with Gasteiger partial charge < -0.3 is 19.8 Å². The fourth-order valence-corrected chi connectivity index (χ4v) is 12.2. The molecule has 5 aromatic rings. The van der Waals surface area contributed by atoms with Gasteiger partial charge in [0.25, 0.3) is 5.91 Å². The summed E-state index contributed by atoms with van der Waals surface area (Å²) < 4.78 is 11.4. The number of thioether (sulfide) groups is 1. The minimum atomic E-state index is -0.533. The van der Waals surface area contributed by atoms with Gasteiger partial charge in [-0.05, 0) is 85.0 Å². The number of hydrogen-bond donors (Lipinski definition) is 2. The first-order valence-corrected chi connectivity index (χ1v) is 19.5. The maximum atomic E-state index is 14.3. The summed E-state index contributed by atoms with van der Waals surface area (Å²) in [5.41, 5.74) is 2.17. The van der Waals surface area contributed by atoms with E-state index in [9.17, 15) is 24.0 Å². The van der Waals surface area contributed by atoms with Crippen LogP contribution in [0.25, 0.3) is 10.8 Å². The highest BCUT2D eigenvalue weighted by molar-refractivity contribution is 8.00. The summed E-state index contributed by atoms with van der Waals surface area (Å²) in [6, 6.07) is 25.2. The van der Waals surface area contributed by atoms with Crippen LogP contribution in [0.2, 0.25) is 5.02 Å². The molecule has 3 amide bonds. The fourth-order valence-electron chi connectivity index (χ4n) is 9.14. The van der Waals surface area contributed by atoms with Crippen LogP contribution in [0, 0.1) is 29.6 Å². The van der Waals surface area contributed by atoms with E-state index in [2.05, 4.69) is 10.3 Å². The van der Waals surface area contributed by atoms with Gasteiger partial charge in [-0.1, -0.05) is 59.3 Å². The van der Waals surface area contributed by atoms with E-state index >= 15 is 0 Å². The molecule has 0 unspecified atom stereocenters. The van der Waals surface area contributed by atoms with Crippen molar-refractivity contribution in [3.8, 4) is 5.75 Å². The van der Waals surface area contributed by atoms with Crippen LogP contribution in [0.5, 0.6) is 5.75 Å². The lowest BCUT2D eigenvalue weighted by Crippen LogP contribution is -2.42. The van der Waals surface area contributed by atoms with E-state index in [1.54, 1.807) is 55.1 Å². The molecule has 2 aliphatic carbocycles. The SMILES string of the molecule is CCOC(=O)c1ccc(N2C(=O)[C@H]3[C@H]4C[C@@H]([C@@H]3C2=O)[C@@H]2[C@H](c3cc(Cl)ccc3OCC(=O)Nc3cccc5ccccc35)c3sc(=O)[nH]c3S[C@H]42)cc1. The summed E-state index contributed by atoms with van der Waals surface area (Å²) in [6.45, 7) is 1.70. The van der Waals surface area contributed by atoms with E-state index in [1.807, 2.05) is 48.5 Å². The number of ether oxygens (including phenoxy) is 2. The van der Waals surface area contributed by atoms with Crippen molar-refractivity contribution in [2.24, 2.45) is 29.6 Å². The molecule has 268 valence electrons. The first kappa shape index (κ1) is 33.9. The van der Waals surface area contributed by atoms with Gasteiger partial charge in [0, 0.05) is 37.7 Å². The Morgan fingerprint density at radius 2 is 1.70 bits per heavy atom. The third-order valence-electron chi connectivity index (χ3n) is 11.1. The van der Waals surface area contributed by atoms with E-state index in [0.29, 0.717) is 34.1 Å². The predicted molar refractivity (Wildman–Crippen MR) is 203 cm³/mol. The third-order valence-corrected chi connectivity index (χ3v) is 13.9. The number of aromatic nitrogens is 1. The molecule has 2 N–H and O–H groups in total. The number of rotatable bonds is 8. The Morgan fingerprint density at radius 1 is 0.943 bits per heavy atom. The third kappa shape index (κ3) is 5.57. The molecule has 2 aliphatic heterocycles. The van der Waals surface area contributed by atoms with Crippen molar-refractivity contribution in [1.29, 1.82) is 0 Å². The first-order chi connectivity index (χ1) is 25.7. The van der Waals surface area contributed by atoms with Gasteiger partial charge in [0.1, 0.15) is 5.75 Å². The second-order valence-electron chi connectivity index (χ2n) is 13.8. The smallest absolute Gasteiger partial charge is 0.338 e. The molecular formula is C40H32ClN3O7S2. The molecule has 4 aromatic carbocycles. The largest absolute Gasteiger partial charge is 0.483 e. The van der Waals surface area contributed by atoms with Crippen molar-refractivity contribution in [2.75, 3.05) is 23.4 Å². The Labute approximate surface area is 316 Å². The average Bonchev–Trinajstić information content (AvgIpc) is 3.90. The standard InChI is InChI=1S/C40H32ClN3O7S2/c1-2-50-39(48)20-10-13-22(14-11-20)44-37(46)32-25-17-26(33(32)38(44)47)34-31(25)30(35-36(52-34)43-40(49)53-35)24-16-21(41)12-15-28(24)51-18-29(45)42-27-9-5-7-19-6-3-4-8-23(19)27/h3-16,25-26,30-34H,2,17-18H2,1H3,(H,42,45)(H,43,49)/t25-,26-,30+,31-,32+,33+,34-/m1/s1. The van der Waals surface area contributed by atoms with Crippen molar-refractivity contribution in [3.05, 3.63) is 116 Å². The van der Waals surface area contributed by atoms with Gasteiger partial charge in [0.2, 0.25) is 11.8 Å². The monoisotopic (exact) mass is 765 g/mol. The van der Waals surface area contributed by atoms with Crippen molar-refractivity contribution in [3.63, 3.8) is 0 Å². The molecule has 3 heterocycles. The molecule has 4 aliphatic rings. The number of imide groups is 1. The van der Waals surface area contributed by atoms with E-state index in [-0.39, 0.29) is 64.7 Å². The van der Waals surface area contributed by atoms with E-state index in [1.165, 1.54) is 4.90 Å². The fraction of sp³-hybridized carbons (Fsp3) is 0.275. The summed E-state index contributed by atoms with van der Waals surface area (Å²) >= 11 is 9.36. The first-order valence-electron chi connectivity index (χ1n) is 17.5. The number of esters is 1. The minimum absolute atomic E-state index is 0.0617. The van der Waals surface area contributed by atoms with Gasteiger partial charge in [0.15, 0.2) is 6.61 Å². The number of benzene rings is 4. The summed E-state index contributed by atoms with van der Waals surface area (Å²) in [7, 11) is 0. The average molecular weight is 766 g/mol. The second-order valence-corrected chi connectivity index (χ2v) is 16.4. The molecule has 13 heteroatoms. The summed E-state index contributed by atoms with van der Waals surface area (Å²) in [5, 5.41) is 6.05. The van der Waals surface area contributed by atoms with Crippen LogP contribution >= 0.6 is 34.7 Å². The van der Waals surface area contributed by atoms with Crippen molar-refractivity contribution < 1.29 is 28.7 Å². The zero-order valence-electron chi connectivity index (χ0n) is 28.2. The van der Waals surface area contributed by atoms with Crippen LogP contribution in [0.15, 0.2) is 94.7 Å². The number of carbonyl (C=O) groups is 4. The number of hydrogen-bond acceptors (Lipinski definition) is 9. The maximum Gasteiger partial charge on any atom is 0.338 e. The van der Waals surface area contributed by atoms with E-state index in [4.69, 9.17) is 21.1 Å². The highest BCUT2D eigenvalue weighted by Crippen LogP contribution is 2.69. The number of nitrogens with zero attached hydrogens (tertiary/aromatic N) is 1. The number of H-pyrrole nitrogens is 1. The Bertz CT molecular complexity index is 2390. The van der Waals surface area contributed by atoms with E-state index in [0.717, 1.165) is 37.6 Å². The number of aromatic amines is 1. The van der Waals surface area contributed by atoms with Crippen LogP contribution in [0.3, 0.4) is 0 Å². The normalized spacial score (nSPS) is 25.2. The van der Waals surface area contributed by atoms with Gasteiger partial charge >= 0.3 is 10.8 Å². The summed E-state index contributed by atoms with van der Waals surface area (Å²) in [6.07, 6.45) is 0.699. The van der Waals surface area contributed by atoms with Crippen LogP contribution in [-0.2, 0) is 19.1 Å². The van der Waals surface area contributed by atoms with Crippen molar-refractivity contribution >= 4 is 80.5 Å². The highest BCUT2D eigenvalue weighted by atomic mass is 35.5. The molecule has 1 saturated heterocycles. The topological polar surface area (TPSA) is 135 Å². The van der Waals surface area contributed by atoms with Crippen LogP contribution in [0.1, 0.15) is 40.1 Å². The van der Waals surface area contributed by atoms with Crippen molar-refractivity contribution in [2.45, 2.75) is 29.5 Å². The molecule has 7 atom stereocenters. The minimum Gasteiger partial charge on any atom is -0.483 e. The maximum absolute atomic E-state index is 14.3. The molecule has 2 saturated carbocycles. The number of fused-ring (bicyclic) bond motifs is 10. The molecule has 2 bridgehead atoms. The predicted octanol–water partition coefficient (Wildman–Crippen LogP) is 7.12.